The number of carbonyl (C=O) groups excluding carboxylic acids is 2. The van der Waals surface area contributed by atoms with Gasteiger partial charge in [-0.3, -0.25) is 9.59 Å². The molecule has 0 aliphatic carbocycles. The number of thiophene rings is 1. The first kappa shape index (κ1) is 15.6. The van der Waals surface area contributed by atoms with Crippen molar-refractivity contribution in [3.63, 3.8) is 0 Å². The van der Waals surface area contributed by atoms with Crippen LogP contribution in [0.2, 0.25) is 0 Å². The van der Waals surface area contributed by atoms with Crippen LogP contribution in [0.4, 0.5) is 0 Å². The van der Waals surface area contributed by atoms with Crippen molar-refractivity contribution in [2.75, 3.05) is 19.7 Å². The van der Waals surface area contributed by atoms with E-state index in [9.17, 15) is 9.59 Å². The van der Waals surface area contributed by atoms with Crippen molar-refractivity contribution in [3.8, 4) is 5.75 Å². The van der Waals surface area contributed by atoms with Crippen LogP contribution in [0.5, 0.6) is 5.75 Å². The highest BCUT2D eigenvalue weighted by molar-refractivity contribution is 7.12. The lowest BCUT2D eigenvalue weighted by Crippen LogP contribution is -2.33. The van der Waals surface area contributed by atoms with Crippen LogP contribution >= 0.6 is 11.3 Å². The molecule has 1 aliphatic rings. The van der Waals surface area contributed by atoms with Gasteiger partial charge in [-0.1, -0.05) is 24.3 Å². The molecule has 1 atom stereocenters. The van der Waals surface area contributed by atoms with Gasteiger partial charge in [0.1, 0.15) is 18.3 Å². The highest BCUT2D eigenvalue weighted by Crippen LogP contribution is 2.33. The fourth-order valence-corrected chi connectivity index (χ4v) is 3.14. The van der Waals surface area contributed by atoms with Crippen molar-refractivity contribution in [2.45, 2.75) is 12.3 Å². The number of benzene rings is 1. The second kappa shape index (κ2) is 7.28. The summed E-state index contributed by atoms with van der Waals surface area (Å²) in [5, 5.41) is 7.62. The number of fused-ring (bicyclic) bond motifs is 1. The van der Waals surface area contributed by atoms with Crippen molar-refractivity contribution in [2.24, 2.45) is 0 Å². The van der Waals surface area contributed by atoms with Gasteiger partial charge in [0.15, 0.2) is 0 Å². The summed E-state index contributed by atoms with van der Waals surface area (Å²) in [6.45, 7) is 1.46. The molecule has 1 aromatic heterocycles. The Morgan fingerprint density at radius 3 is 2.78 bits per heavy atom. The Morgan fingerprint density at radius 2 is 1.96 bits per heavy atom. The summed E-state index contributed by atoms with van der Waals surface area (Å²) in [7, 11) is 0. The molecule has 0 spiro atoms. The normalized spacial score (nSPS) is 15.6. The van der Waals surface area contributed by atoms with Crippen LogP contribution in [0, 0.1) is 0 Å². The van der Waals surface area contributed by atoms with E-state index in [2.05, 4.69) is 10.6 Å². The highest BCUT2D eigenvalue weighted by atomic mass is 32.1. The molecule has 0 saturated heterocycles. The van der Waals surface area contributed by atoms with Gasteiger partial charge in [-0.05, 0) is 23.9 Å². The first-order valence-corrected chi connectivity index (χ1v) is 8.45. The van der Waals surface area contributed by atoms with Crippen molar-refractivity contribution >= 4 is 23.2 Å². The molecule has 1 aromatic carbocycles. The van der Waals surface area contributed by atoms with Crippen LogP contribution in [-0.4, -0.2) is 31.5 Å². The Balaban J connectivity index is 1.38. The fraction of sp³-hybridized carbons (Fsp3) is 0.294. The van der Waals surface area contributed by atoms with Gasteiger partial charge in [0.25, 0.3) is 5.91 Å². The Kier molecular flexibility index (Phi) is 4.92. The van der Waals surface area contributed by atoms with Crippen LogP contribution in [0.3, 0.4) is 0 Å². The Hall–Kier alpha value is -2.34. The van der Waals surface area contributed by atoms with Gasteiger partial charge in [0, 0.05) is 18.7 Å². The average molecular weight is 330 g/mol. The third-order valence-electron chi connectivity index (χ3n) is 3.70. The lowest BCUT2D eigenvalue weighted by molar-refractivity contribution is -0.122. The molecule has 3 rings (SSSR count). The molecule has 2 aromatic rings. The quantitative estimate of drug-likeness (QED) is 0.798. The van der Waals surface area contributed by atoms with Crippen molar-refractivity contribution in [3.05, 3.63) is 52.2 Å². The molecule has 2 N–H and O–H groups in total. The zero-order valence-electron chi connectivity index (χ0n) is 12.6. The Labute approximate surface area is 138 Å². The van der Waals surface area contributed by atoms with Gasteiger partial charge in [-0.25, -0.2) is 0 Å². The van der Waals surface area contributed by atoms with E-state index in [0.29, 0.717) is 31.0 Å². The molecule has 120 valence electrons. The monoisotopic (exact) mass is 330 g/mol. The molecule has 5 nitrogen and oxygen atoms in total. The van der Waals surface area contributed by atoms with E-state index in [1.165, 1.54) is 11.3 Å². The zero-order chi connectivity index (χ0) is 16.1. The number of nitrogens with one attached hydrogen (secondary N) is 2. The van der Waals surface area contributed by atoms with Crippen molar-refractivity contribution < 1.29 is 14.3 Å². The summed E-state index contributed by atoms with van der Waals surface area (Å²) < 4.78 is 5.52. The molecule has 0 fully saturated rings. The van der Waals surface area contributed by atoms with E-state index in [4.69, 9.17) is 4.74 Å². The van der Waals surface area contributed by atoms with E-state index in [0.717, 1.165) is 11.3 Å². The maximum atomic E-state index is 12.2. The first-order valence-electron chi connectivity index (χ1n) is 7.57. The molecular formula is C17H18N2O3S. The molecule has 0 saturated carbocycles. The number of hydrogen-bond acceptors (Lipinski definition) is 4. The van der Waals surface area contributed by atoms with Crippen LogP contribution in [-0.2, 0) is 4.79 Å². The molecule has 0 bridgehead atoms. The van der Waals surface area contributed by atoms with Gasteiger partial charge in [-0.15, -0.1) is 11.3 Å². The largest absolute Gasteiger partial charge is 0.492 e. The van der Waals surface area contributed by atoms with Crippen LogP contribution < -0.4 is 15.4 Å². The van der Waals surface area contributed by atoms with Gasteiger partial charge in [0.2, 0.25) is 5.91 Å². The molecular weight excluding hydrogens is 312 g/mol. The third-order valence-corrected chi connectivity index (χ3v) is 4.57. The van der Waals surface area contributed by atoms with Crippen LogP contribution in [0.25, 0.3) is 0 Å². The number of amides is 2. The summed E-state index contributed by atoms with van der Waals surface area (Å²) in [5.41, 5.74) is 0.941. The SMILES string of the molecule is O=C(NCCCNC(=O)C1COc2ccccc21)c1cccs1. The molecule has 0 radical (unpaired) electrons. The summed E-state index contributed by atoms with van der Waals surface area (Å²) >= 11 is 1.41. The zero-order valence-corrected chi connectivity index (χ0v) is 13.4. The lowest BCUT2D eigenvalue weighted by Gasteiger charge is -2.10. The van der Waals surface area contributed by atoms with Crippen LogP contribution in [0.1, 0.15) is 27.6 Å². The standard InChI is InChI=1S/C17H18N2O3S/c20-16(13-11-22-14-6-2-1-5-12(13)14)18-8-4-9-19-17(21)15-7-3-10-23-15/h1-3,5-7,10,13H,4,8-9,11H2,(H,18,20)(H,19,21). The predicted octanol–water partition coefficient (Wildman–Crippen LogP) is 2.16. The average Bonchev–Trinajstić information content (AvgIpc) is 3.23. The minimum absolute atomic E-state index is 0.0282. The van der Waals surface area contributed by atoms with E-state index >= 15 is 0 Å². The minimum atomic E-state index is -0.244. The summed E-state index contributed by atoms with van der Waals surface area (Å²) in [5.74, 6) is 0.451. The molecule has 23 heavy (non-hydrogen) atoms. The Morgan fingerprint density at radius 1 is 1.13 bits per heavy atom. The fourth-order valence-electron chi connectivity index (χ4n) is 2.50. The van der Waals surface area contributed by atoms with Crippen molar-refractivity contribution in [1.82, 2.24) is 10.6 Å². The second-order valence-electron chi connectivity index (χ2n) is 5.28. The number of carbonyl (C=O) groups is 2. The van der Waals surface area contributed by atoms with Gasteiger partial charge >= 0.3 is 0 Å². The summed E-state index contributed by atoms with van der Waals surface area (Å²) in [4.78, 5) is 24.7. The molecule has 2 amide bonds. The molecule has 1 aliphatic heterocycles. The lowest BCUT2D eigenvalue weighted by atomic mass is 10.0. The molecule has 6 heteroatoms. The van der Waals surface area contributed by atoms with E-state index in [1.807, 2.05) is 35.7 Å². The number of ether oxygens (including phenoxy) is 1. The Bertz CT molecular complexity index is 685. The highest BCUT2D eigenvalue weighted by Gasteiger charge is 2.29. The van der Waals surface area contributed by atoms with Gasteiger partial charge in [0.05, 0.1) is 4.88 Å². The molecule has 2 heterocycles. The maximum Gasteiger partial charge on any atom is 0.261 e. The van der Waals surface area contributed by atoms with Crippen molar-refractivity contribution in [1.29, 1.82) is 0 Å². The summed E-state index contributed by atoms with van der Waals surface area (Å²) in [6, 6.07) is 11.3. The smallest absolute Gasteiger partial charge is 0.261 e. The number of hydrogen-bond donors (Lipinski definition) is 2. The number of para-hydroxylation sites is 1. The third kappa shape index (κ3) is 3.71. The van der Waals surface area contributed by atoms with Crippen LogP contribution in [0.15, 0.2) is 41.8 Å². The van der Waals surface area contributed by atoms with Gasteiger partial charge in [-0.2, -0.15) is 0 Å². The minimum Gasteiger partial charge on any atom is -0.492 e. The first-order chi connectivity index (χ1) is 11.3. The van der Waals surface area contributed by atoms with E-state index < -0.39 is 0 Å². The summed E-state index contributed by atoms with van der Waals surface area (Å²) in [6.07, 6.45) is 0.693. The predicted molar refractivity (Wildman–Crippen MR) is 89.0 cm³/mol. The maximum absolute atomic E-state index is 12.2. The van der Waals surface area contributed by atoms with Gasteiger partial charge < -0.3 is 15.4 Å². The topological polar surface area (TPSA) is 67.4 Å². The van der Waals surface area contributed by atoms with E-state index in [1.54, 1.807) is 6.07 Å². The second-order valence-corrected chi connectivity index (χ2v) is 6.23. The van der Waals surface area contributed by atoms with E-state index in [-0.39, 0.29) is 17.7 Å². The number of rotatable bonds is 6. The molecule has 1 unspecified atom stereocenters.